The highest BCUT2D eigenvalue weighted by atomic mass is 16.5. The van der Waals surface area contributed by atoms with Gasteiger partial charge in [-0.3, -0.25) is 9.69 Å². The molecular weight excluding hydrogens is 320 g/mol. The second-order valence-corrected chi connectivity index (χ2v) is 7.09. The van der Waals surface area contributed by atoms with E-state index < -0.39 is 0 Å². The molecule has 4 rings (SSSR count). The highest BCUT2D eigenvalue weighted by molar-refractivity contribution is 5.91. The van der Waals surface area contributed by atoms with Crippen molar-refractivity contribution in [1.29, 1.82) is 0 Å². The van der Waals surface area contributed by atoms with Crippen LogP contribution in [0.25, 0.3) is 0 Å². The Morgan fingerprint density at radius 3 is 3.00 bits per heavy atom. The number of aromatic nitrogens is 4. The van der Waals surface area contributed by atoms with E-state index in [4.69, 9.17) is 4.52 Å². The first kappa shape index (κ1) is 16.3. The maximum Gasteiger partial charge on any atom is 0.239 e. The van der Waals surface area contributed by atoms with Crippen LogP contribution < -0.4 is 5.32 Å². The van der Waals surface area contributed by atoms with Crippen LogP contribution in [-0.4, -0.2) is 43.8 Å². The fraction of sp³-hybridized carbons (Fsp3) is 0.647. The molecule has 1 N–H and O–H groups in total. The van der Waals surface area contributed by atoms with Crippen LogP contribution in [0.2, 0.25) is 0 Å². The quantitative estimate of drug-likeness (QED) is 0.865. The van der Waals surface area contributed by atoms with Crippen molar-refractivity contribution < 1.29 is 9.32 Å². The van der Waals surface area contributed by atoms with Gasteiger partial charge in [0.2, 0.25) is 11.8 Å². The standard InChI is InChI=1S/C17H24N6O2/c1-11(13-5-6-13)23-15(7-8-18-23)20-16(24)10-22-9-3-4-14(22)17-19-12(2)25-21-17/h7-8,11,13-14H,3-6,9-10H2,1-2H3,(H,20,24)/t11-,14+/m0/s1. The third kappa shape index (κ3) is 3.44. The van der Waals surface area contributed by atoms with E-state index in [1.54, 1.807) is 13.1 Å². The summed E-state index contributed by atoms with van der Waals surface area (Å²) >= 11 is 0. The van der Waals surface area contributed by atoms with Crippen molar-refractivity contribution in [2.75, 3.05) is 18.4 Å². The highest BCUT2D eigenvalue weighted by Gasteiger charge is 2.32. The smallest absolute Gasteiger partial charge is 0.239 e. The zero-order valence-electron chi connectivity index (χ0n) is 14.7. The van der Waals surface area contributed by atoms with Crippen LogP contribution in [-0.2, 0) is 4.79 Å². The lowest BCUT2D eigenvalue weighted by Crippen LogP contribution is -2.34. The second kappa shape index (κ2) is 6.59. The first-order chi connectivity index (χ1) is 12.1. The number of nitrogens with zero attached hydrogens (tertiary/aromatic N) is 5. The van der Waals surface area contributed by atoms with E-state index in [0.29, 0.717) is 30.2 Å². The molecule has 8 heteroatoms. The van der Waals surface area contributed by atoms with Gasteiger partial charge in [-0.1, -0.05) is 5.16 Å². The molecule has 1 saturated carbocycles. The van der Waals surface area contributed by atoms with E-state index in [1.165, 1.54) is 12.8 Å². The van der Waals surface area contributed by atoms with Crippen LogP contribution in [0.1, 0.15) is 56.4 Å². The molecule has 1 aliphatic heterocycles. The zero-order chi connectivity index (χ0) is 17.4. The molecule has 3 heterocycles. The summed E-state index contributed by atoms with van der Waals surface area (Å²) in [5, 5.41) is 11.4. The van der Waals surface area contributed by atoms with Gasteiger partial charge in [0.1, 0.15) is 5.82 Å². The molecule has 1 aliphatic carbocycles. The van der Waals surface area contributed by atoms with Crippen molar-refractivity contribution in [2.45, 2.75) is 51.6 Å². The number of aryl methyl sites for hydroxylation is 1. The van der Waals surface area contributed by atoms with Gasteiger partial charge in [-0.05, 0) is 45.1 Å². The Hall–Kier alpha value is -2.22. The number of carbonyl (C=O) groups is 1. The lowest BCUT2D eigenvalue weighted by atomic mass is 10.2. The number of likely N-dealkylation sites (tertiary alicyclic amines) is 1. The number of hydrogen-bond donors (Lipinski definition) is 1. The molecule has 0 aromatic carbocycles. The van der Waals surface area contributed by atoms with Crippen molar-refractivity contribution in [1.82, 2.24) is 24.8 Å². The molecule has 1 amide bonds. The van der Waals surface area contributed by atoms with Crippen LogP contribution in [0, 0.1) is 12.8 Å². The van der Waals surface area contributed by atoms with E-state index in [2.05, 4.69) is 32.4 Å². The number of carbonyl (C=O) groups excluding carboxylic acids is 1. The van der Waals surface area contributed by atoms with Crippen LogP contribution in [0.4, 0.5) is 5.82 Å². The Morgan fingerprint density at radius 1 is 1.44 bits per heavy atom. The topological polar surface area (TPSA) is 89.1 Å². The average molecular weight is 344 g/mol. The SMILES string of the molecule is Cc1nc([C@H]2CCCN2CC(=O)Nc2ccnn2[C@@H](C)C2CC2)no1. The van der Waals surface area contributed by atoms with Gasteiger partial charge < -0.3 is 9.84 Å². The summed E-state index contributed by atoms with van der Waals surface area (Å²) in [6.45, 7) is 5.13. The Labute approximate surface area is 146 Å². The molecule has 0 bridgehead atoms. The molecule has 1 saturated heterocycles. The first-order valence-electron chi connectivity index (χ1n) is 8.99. The van der Waals surface area contributed by atoms with Crippen molar-refractivity contribution in [2.24, 2.45) is 5.92 Å². The van der Waals surface area contributed by atoms with Gasteiger partial charge in [-0.25, -0.2) is 4.68 Å². The summed E-state index contributed by atoms with van der Waals surface area (Å²) in [5.74, 6) is 2.66. The van der Waals surface area contributed by atoms with Gasteiger partial charge in [0.25, 0.3) is 0 Å². The lowest BCUT2D eigenvalue weighted by molar-refractivity contribution is -0.117. The summed E-state index contributed by atoms with van der Waals surface area (Å²) in [4.78, 5) is 19.0. The molecule has 2 aromatic heterocycles. The normalized spacial score (nSPS) is 22.2. The molecule has 2 aliphatic rings. The minimum Gasteiger partial charge on any atom is -0.340 e. The molecule has 134 valence electrons. The van der Waals surface area contributed by atoms with Gasteiger partial charge in [0.15, 0.2) is 5.82 Å². The second-order valence-electron chi connectivity index (χ2n) is 7.09. The van der Waals surface area contributed by atoms with Crippen LogP contribution in [0.15, 0.2) is 16.8 Å². The van der Waals surface area contributed by atoms with Crippen LogP contribution in [0.3, 0.4) is 0 Å². The van der Waals surface area contributed by atoms with Crippen molar-refractivity contribution in [3.05, 3.63) is 24.0 Å². The van der Waals surface area contributed by atoms with Crippen LogP contribution >= 0.6 is 0 Å². The highest BCUT2D eigenvalue weighted by Crippen LogP contribution is 2.40. The average Bonchev–Trinajstić information content (AvgIpc) is 2.94. The molecule has 25 heavy (non-hydrogen) atoms. The first-order valence-corrected chi connectivity index (χ1v) is 8.99. The summed E-state index contributed by atoms with van der Waals surface area (Å²) in [5.41, 5.74) is 0. The number of hydrogen-bond acceptors (Lipinski definition) is 6. The summed E-state index contributed by atoms with van der Waals surface area (Å²) in [6, 6.07) is 2.24. The molecule has 2 fully saturated rings. The molecular formula is C17H24N6O2. The minimum absolute atomic E-state index is 0.0307. The Kier molecular flexibility index (Phi) is 4.29. The largest absolute Gasteiger partial charge is 0.340 e. The summed E-state index contributed by atoms with van der Waals surface area (Å²) < 4.78 is 7.02. The predicted octanol–water partition coefficient (Wildman–Crippen LogP) is 2.32. The van der Waals surface area contributed by atoms with E-state index in [9.17, 15) is 4.79 Å². The van der Waals surface area contributed by atoms with E-state index in [0.717, 1.165) is 25.2 Å². The maximum absolute atomic E-state index is 12.6. The number of nitrogens with one attached hydrogen (secondary N) is 1. The fourth-order valence-electron chi connectivity index (χ4n) is 3.64. The molecule has 2 aromatic rings. The van der Waals surface area contributed by atoms with Crippen LogP contribution in [0.5, 0.6) is 0 Å². The van der Waals surface area contributed by atoms with Gasteiger partial charge in [0.05, 0.1) is 24.8 Å². The maximum atomic E-state index is 12.6. The number of anilines is 1. The Balaban J connectivity index is 1.40. The Bertz CT molecular complexity index is 750. The fourth-order valence-corrected chi connectivity index (χ4v) is 3.64. The molecule has 0 spiro atoms. The summed E-state index contributed by atoms with van der Waals surface area (Å²) in [7, 11) is 0. The van der Waals surface area contributed by atoms with Gasteiger partial charge in [-0.15, -0.1) is 0 Å². The van der Waals surface area contributed by atoms with Crippen molar-refractivity contribution in [3.63, 3.8) is 0 Å². The molecule has 0 unspecified atom stereocenters. The summed E-state index contributed by atoms with van der Waals surface area (Å²) in [6.07, 6.45) is 6.21. The van der Waals surface area contributed by atoms with Crippen molar-refractivity contribution in [3.8, 4) is 0 Å². The number of rotatable bonds is 6. The predicted molar refractivity (Wildman–Crippen MR) is 90.9 cm³/mol. The Morgan fingerprint density at radius 2 is 2.28 bits per heavy atom. The third-order valence-electron chi connectivity index (χ3n) is 5.18. The molecule has 8 nitrogen and oxygen atoms in total. The van der Waals surface area contributed by atoms with Gasteiger partial charge in [0, 0.05) is 13.0 Å². The monoisotopic (exact) mass is 344 g/mol. The minimum atomic E-state index is -0.0307. The number of amides is 1. The molecule has 0 radical (unpaired) electrons. The lowest BCUT2D eigenvalue weighted by Gasteiger charge is -2.21. The van der Waals surface area contributed by atoms with Gasteiger partial charge >= 0.3 is 0 Å². The van der Waals surface area contributed by atoms with Crippen molar-refractivity contribution >= 4 is 11.7 Å². The van der Waals surface area contributed by atoms with E-state index in [-0.39, 0.29) is 11.9 Å². The molecule has 2 atom stereocenters. The third-order valence-corrected chi connectivity index (χ3v) is 5.18. The van der Waals surface area contributed by atoms with E-state index in [1.807, 2.05) is 10.7 Å². The zero-order valence-corrected chi connectivity index (χ0v) is 14.7. The van der Waals surface area contributed by atoms with E-state index >= 15 is 0 Å². The van der Waals surface area contributed by atoms with Gasteiger partial charge in [-0.2, -0.15) is 10.1 Å².